The SMILES string of the molecule is O=C(C1CC1)N1[C@H]2COC[C@H](C2)[C@@H]1CO. The second-order valence-electron chi connectivity index (χ2n) is 4.96. The molecule has 2 bridgehead atoms. The van der Waals surface area contributed by atoms with E-state index < -0.39 is 0 Å². The Morgan fingerprint density at radius 3 is 2.87 bits per heavy atom. The van der Waals surface area contributed by atoms with Crippen LogP contribution in [-0.2, 0) is 9.53 Å². The molecule has 1 N–H and O–H groups in total. The third kappa shape index (κ3) is 1.47. The van der Waals surface area contributed by atoms with Crippen LogP contribution in [0.1, 0.15) is 19.3 Å². The lowest BCUT2D eigenvalue weighted by molar-refractivity contribution is -0.136. The smallest absolute Gasteiger partial charge is 0.226 e. The van der Waals surface area contributed by atoms with E-state index in [2.05, 4.69) is 0 Å². The summed E-state index contributed by atoms with van der Waals surface area (Å²) < 4.78 is 5.46. The highest BCUT2D eigenvalue weighted by molar-refractivity contribution is 5.82. The lowest BCUT2D eigenvalue weighted by Crippen LogP contribution is -2.45. The molecule has 1 amide bonds. The number of carbonyl (C=O) groups is 1. The van der Waals surface area contributed by atoms with Crippen molar-refractivity contribution in [3.05, 3.63) is 0 Å². The molecule has 3 fully saturated rings. The molecular formula is C11H17NO3. The first-order valence-electron chi connectivity index (χ1n) is 5.82. The number of hydrogen-bond acceptors (Lipinski definition) is 3. The van der Waals surface area contributed by atoms with Gasteiger partial charge in [-0.1, -0.05) is 0 Å². The monoisotopic (exact) mass is 211 g/mol. The number of carbonyl (C=O) groups excluding carboxylic acids is 1. The Labute approximate surface area is 89.2 Å². The Bertz CT molecular complexity index is 277. The van der Waals surface area contributed by atoms with Crippen molar-refractivity contribution in [3.8, 4) is 0 Å². The van der Waals surface area contributed by atoms with Crippen molar-refractivity contribution in [1.82, 2.24) is 4.90 Å². The van der Waals surface area contributed by atoms with Crippen molar-refractivity contribution in [2.75, 3.05) is 19.8 Å². The summed E-state index contributed by atoms with van der Waals surface area (Å²) in [6, 6.07) is 0.250. The normalized spacial score (nSPS) is 39.5. The maximum absolute atomic E-state index is 12.1. The molecule has 2 saturated heterocycles. The van der Waals surface area contributed by atoms with E-state index in [0.29, 0.717) is 19.1 Å². The molecule has 0 aromatic heterocycles. The summed E-state index contributed by atoms with van der Waals surface area (Å²) in [5.41, 5.74) is 0. The van der Waals surface area contributed by atoms with Crippen LogP contribution in [0.2, 0.25) is 0 Å². The molecule has 2 aliphatic heterocycles. The molecule has 3 rings (SSSR count). The van der Waals surface area contributed by atoms with Crippen LogP contribution in [0.3, 0.4) is 0 Å². The van der Waals surface area contributed by atoms with Gasteiger partial charge in [0.05, 0.1) is 31.9 Å². The summed E-state index contributed by atoms with van der Waals surface area (Å²) in [7, 11) is 0. The molecule has 0 unspecified atom stereocenters. The predicted octanol–water partition coefficient (Wildman–Crippen LogP) is 0.00460. The molecular weight excluding hydrogens is 194 g/mol. The van der Waals surface area contributed by atoms with Crippen molar-refractivity contribution in [1.29, 1.82) is 0 Å². The Hall–Kier alpha value is -0.610. The first-order chi connectivity index (χ1) is 7.31. The number of ether oxygens (including phenoxy) is 1. The van der Waals surface area contributed by atoms with Gasteiger partial charge in [0.1, 0.15) is 0 Å². The van der Waals surface area contributed by atoms with Crippen LogP contribution >= 0.6 is 0 Å². The maximum atomic E-state index is 12.1. The minimum Gasteiger partial charge on any atom is -0.394 e. The summed E-state index contributed by atoms with van der Waals surface area (Å²) in [4.78, 5) is 14.0. The topological polar surface area (TPSA) is 49.8 Å². The molecule has 3 atom stereocenters. The van der Waals surface area contributed by atoms with Gasteiger partial charge in [-0.3, -0.25) is 4.79 Å². The van der Waals surface area contributed by atoms with Gasteiger partial charge in [0.25, 0.3) is 0 Å². The number of fused-ring (bicyclic) bond motifs is 2. The highest BCUT2D eigenvalue weighted by Crippen LogP contribution is 2.39. The molecule has 1 saturated carbocycles. The third-order valence-corrected chi connectivity index (χ3v) is 3.88. The fourth-order valence-electron chi connectivity index (χ4n) is 2.92. The van der Waals surface area contributed by atoms with Crippen molar-refractivity contribution in [3.63, 3.8) is 0 Å². The van der Waals surface area contributed by atoms with Gasteiger partial charge < -0.3 is 14.7 Å². The van der Waals surface area contributed by atoms with Crippen molar-refractivity contribution in [2.24, 2.45) is 11.8 Å². The molecule has 4 nitrogen and oxygen atoms in total. The number of likely N-dealkylation sites (tertiary alicyclic amines) is 1. The fourth-order valence-corrected chi connectivity index (χ4v) is 2.92. The van der Waals surface area contributed by atoms with Crippen molar-refractivity contribution < 1.29 is 14.6 Å². The molecule has 0 radical (unpaired) electrons. The van der Waals surface area contributed by atoms with Gasteiger partial charge in [0, 0.05) is 11.8 Å². The summed E-state index contributed by atoms with van der Waals surface area (Å²) >= 11 is 0. The Morgan fingerprint density at radius 2 is 2.20 bits per heavy atom. The van der Waals surface area contributed by atoms with E-state index in [9.17, 15) is 9.90 Å². The van der Waals surface area contributed by atoms with Crippen LogP contribution in [0.15, 0.2) is 0 Å². The summed E-state index contributed by atoms with van der Waals surface area (Å²) in [5, 5.41) is 9.39. The predicted molar refractivity (Wildman–Crippen MR) is 53.2 cm³/mol. The molecule has 2 heterocycles. The molecule has 0 aromatic carbocycles. The van der Waals surface area contributed by atoms with Crippen molar-refractivity contribution in [2.45, 2.75) is 31.3 Å². The summed E-state index contributed by atoms with van der Waals surface area (Å²) in [6.07, 6.45) is 3.08. The lowest BCUT2D eigenvalue weighted by atomic mass is 9.99. The molecule has 15 heavy (non-hydrogen) atoms. The number of nitrogens with zero attached hydrogens (tertiary/aromatic N) is 1. The van der Waals surface area contributed by atoms with Crippen LogP contribution in [-0.4, -0.2) is 47.8 Å². The number of rotatable bonds is 2. The molecule has 4 heteroatoms. The Balaban J connectivity index is 1.81. The van der Waals surface area contributed by atoms with E-state index in [1.54, 1.807) is 0 Å². The second kappa shape index (κ2) is 3.46. The van der Waals surface area contributed by atoms with Gasteiger partial charge in [0.2, 0.25) is 5.91 Å². The average molecular weight is 211 g/mol. The molecule has 1 aliphatic carbocycles. The van der Waals surface area contributed by atoms with E-state index >= 15 is 0 Å². The van der Waals surface area contributed by atoms with E-state index in [1.165, 1.54) is 0 Å². The zero-order chi connectivity index (χ0) is 10.4. The Kier molecular flexibility index (Phi) is 2.21. The van der Waals surface area contributed by atoms with Gasteiger partial charge in [0.15, 0.2) is 0 Å². The highest BCUT2D eigenvalue weighted by atomic mass is 16.5. The van der Waals surface area contributed by atoms with Crippen molar-refractivity contribution >= 4 is 5.91 Å². The van der Waals surface area contributed by atoms with Crippen LogP contribution in [0.5, 0.6) is 0 Å². The largest absolute Gasteiger partial charge is 0.394 e. The third-order valence-electron chi connectivity index (χ3n) is 3.88. The quantitative estimate of drug-likeness (QED) is 0.699. The van der Waals surface area contributed by atoms with Gasteiger partial charge in [-0.05, 0) is 19.3 Å². The van der Waals surface area contributed by atoms with E-state index in [4.69, 9.17) is 4.74 Å². The fraction of sp³-hybridized carbons (Fsp3) is 0.909. The van der Waals surface area contributed by atoms with Crippen LogP contribution in [0, 0.1) is 11.8 Å². The zero-order valence-corrected chi connectivity index (χ0v) is 8.76. The first-order valence-corrected chi connectivity index (χ1v) is 5.82. The van der Waals surface area contributed by atoms with E-state index in [1.807, 2.05) is 4.90 Å². The molecule has 0 aromatic rings. The lowest BCUT2D eigenvalue weighted by Gasteiger charge is -2.28. The maximum Gasteiger partial charge on any atom is 0.226 e. The standard InChI is InChI=1S/C11H17NO3/c13-4-10-8-3-9(6-15-5-8)12(10)11(14)7-1-2-7/h7-10,13H,1-6H2/t8-,9+,10-/m0/s1. The number of amides is 1. The second-order valence-corrected chi connectivity index (χ2v) is 4.96. The minimum atomic E-state index is 0.0191. The molecule has 0 spiro atoms. The number of hydrogen-bond donors (Lipinski definition) is 1. The van der Waals surface area contributed by atoms with Gasteiger partial charge in [-0.25, -0.2) is 0 Å². The van der Waals surface area contributed by atoms with Gasteiger partial charge in [-0.15, -0.1) is 0 Å². The molecule has 84 valence electrons. The van der Waals surface area contributed by atoms with Gasteiger partial charge in [-0.2, -0.15) is 0 Å². The van der Waals surface area contributed by atoms with Crippen LogP contribution in [0.4, 0.5) is 0 Å². The van der Waals surface area contributed by atoms with Crippen LogP contribution in [0.25, 0.3) is 0 Å². The zero-order valence-electron chi connectivity index (χ0n) is 8.76. The Morgan fingerprint density at radius 1 is 1.40 bits per heavy atom. The first kappa shape index (κ1) is 9.60. The van der Waals surface area contributed by atoms with Gasteiger partial charge >= 0.3 is 0 Å². The van der Waals surface area contributed by atoms with Crippen LogP contribution < -0.4 is 0 Å². The number of aliphatic hydroxyl groups is 1. The molecule has 3 aliphatic rings. The summed E-state index contributed by atoms with van der Waals surface area (Å²) in [5.74, 6) is 0.863. The summed E-state index contributed by atoms with van der Waals surface area (Å²) in [6.45, 7) is 1.45. The minimum absolute atomic E-state index is 0.0191. The average Bonchev–Trinajstić information content (AvgIpc) is 3.05. The number of aliphatic hydroxyl groups excluding tert-OH is 1. The van der Waals surface area contributed by atoms with E-state index in [0.717, 1.165) is 19.3 Å². The highest BCUT2D eigenvalue weighted by Gasteiger charge is 2.48. The van der Waals surface area contributed by atoms with E-state index in [-0.39, 0.29) is 30.5 Å².